The minimum Gasteiger partial charge on any atom is -0.480 e. The number of carboxylic acid groups (broad SMARTS) is 1. The second-order valence-corrected chi connectivity index (χ2v) is 6.21. The van der Waals surface area contributed by atoms with Crippen LogP contribution in [0.3, 0.4) is 0 Å². The highest BCUT2D eigenvalue weighted by Crippen LogP contribution is 2.49. The fourth-order valence-corrected chi connectivity index (χ4v) is 3.74. The Morgan fingerprint density at radius 2 is 2.05 bits per heavy atom. The number of methoxy groups -OCH3 is 1. The maximum Gasteiger partial charge on any atom is 0.326 e. The molecule has 118 valence electrons. The van der Waals surface area contributed by atoms with E-state index in [2.05, 4.69) is 10.1 Å². The van der Waals surface area contributed by atoms with Crippen LogP contribution in [0.2, 0.25) is 0 Å². The van der Waals surface area contributed by atoms with Crippen LogP contribution in [0.4, 0.5) is 0 Å². The van der Waals surface area contributed by atoms with Gasteiger partial charge in [-0.2, -0.15) is 0 Å². The van der Waals surface area contributed by atoms with Crippen molar-refractivity contribution < 1.29 is 24.2 Å². The van der Waals surface area contributed by atoms with Crippen LogP contribution >= 0.6 is 0 Å². The molecule has 4 atom stereocenters. The van der Waals surface area contributed by atoms with Crippen LogP contribution in [0.15, 0.2) is 0 Å². The molecule has 2 bridgehead atoms. The summed E-state index contributed by atoms with van der Waals surface area (Å²) in [7, 11) is 1.26. The van der Waals surface area contributed by atoms with Crippen LogP contribution in [0.1, 0.15) is 44.9 Å². The van der Waals surface area contributed by atoms with Crippen LogP contribution in [0, 0.1) is 17.8 Å². The highest BCUT2D eigenvalue weighted by atomic mass is 16.5. The number of aliphatic carboxylic acids is 1. The first-order chi connectivity index (χ1) is 9.99. The number of amides is 1. The summed E-state index contributed by atoms with van der Waals surface area (Å²) in [6.07, 6.45) is 5.25. The summed E-state index contributed by atoms with van der Waals surface area (Å²) < 4.78 is 4.48. The maximum absolute atomic E-state index is 12.0. The number of carbonyl (C=O) groups excluding carboxylic acids is 2. The Bertz CT molecular complexity index is 422. The van der Waals surface area contributed by atoms with Crippen molar-refractivity contribution in [3.05, 3.63) is 0 Å². The van der Waals surface area contributed by atoms with E-state index in [9.17, 15) is 14.4 Å². The molecule has 2 aliphatic carbocycles. The summed E-state index contributed by atoms with van der Waals surface area (Å²) in [5.41, 5.74) is 0. The van der Waals surface area contributed by atoms with Crippen molar-refractivity contribution in [1.82, 2.24) is 5.32 Å². The molecule has 6 heteroatoms. The molecule has 0 aromatic heterocycles. The number of carbonyl (C=O) groups is 3. The average molecular weight is 297 g/mol. The molecule has 0 aromatic carbocycles. The Labute approximate surface area is 124 Å². The lowest BCUT2D eigenvalue weighted by Gasteiger charge is -2.22. The molecule has 2 aliphatic rings. The van der Waals surface area contributed by atoms with Crippen molar-refractivity contribution in [3.8, 4) is 0 Å². The van der Waals surface area contributed by atoms with Crippen molar-refractivity contribution in [3.63, 3.8) is 0 Å². The van der Waals surface area contributed by atoms with Gasteiger partial charge in [0.1, 0.15) is 6.04 Å². The Morgan fingerprint density at radius 3 is 2.57 bits per heavy atom. The fourth-order valence-electron chi connectivity index (χ4n) is 3.74. The summed E-state index contributed by atoms with van der Waals surface area (Å²) in [6, 6.07) is -1.02. The molecule has 0 heterocycles. The van der Waals surface area contributed by atoms with E-state index >= 15 is 0 Å². The van der Waals surface area contributed by atoms with Gasteiger partial charge in [0, 0.05) is 12.8 Å². The van der Waals surface area contributed by atoms with Gasteiger partial charge in [-0.1, -0.05) is 6.42 Å². The van der Waals surface area contributed by atoms with Gasteiger partial charge in [0.25, 0.3) is 0 Å². The predicted molar refractivity (Wildman–Crippen MR) is 74.4 cm³/mol. The van der Waals surface area contributed by atoms with Gasteiger partial charge in [0.05, 0.1) is 7.11 Å². The Hall–Kier alpha value is -1.59. The number of ether oxygens (including phenoxy) is 1. The summed E-state index contributed by atoms with van der Waals surface area (Å²) in [5.74, 6) is 0.00825. The van der Waals surface area contributed by atoms with Crippen molar-refractivity contribution in [2.24, 2.45) is 17.8 Å². The summed E-state index contributed by atoms with van der Waals surface area (Å²) in [4.78, 5) is 34.2. The van der Waals surface area contributed by atoms with E-state index in [4.69, 9.17) is 5.11 Å². The molecule has 2 fully saturated rings. The van der Waals surface area contributed by atoms with Crippen LogP contribution in [-0.2, 0) is 19.1 Å². The molecule has 0 aliphatic heterocycles. The number of esters is 1. The number of carboxylic acids is 1. The van der Waals surface area contributed by atoms with E-state index in [0.717, 1.165) is 12.3 Å². The lowest BCUT2D eigenvalue weighted by Crippen LogP contribution is -2.42. The van der Waals surface area contributed by atoms with Gasteiger partial charge in [-0.25, -0.2) is 4.79 Å². The topological polar surface area (TPSA) is 92.7 Å². The fraction of sp³-hybridized carbons (Fsp3) is 0.800. The van der Waals surface area contributed by atoms with Gasteiger partial charge in [0.15, 0.2) is 0 Å². The van der Waals surface area contributed by atoms with E-state index in [-0.39, 0.29) is 18.7 Å². The van der Waals surface area contributed by atoms with Gasteiger partial charge in [0.2, 0.25) is 5.91 Å². The number of hydrogen-bond donors (Lipinski definition) is 2. The second kappa shape index (κ2) is 6.91. The molecular formula is C15H23NO5. The van der Waals surface area contributed by atoms with E-state index in [1.807, 2.05) is 0 Å². The Kier molecular flexibility index (Phi) is 5.20. The summed E-state index contributed by atoms with van der Waals surface area (Å²) in [5, 5.41) is 11.6. The predicted octanol–water partition coefficient (Wildman–Crippen LogP) is 1.34. The molecule has 1 amide bonds. The van der Waals surface area contributed by atoms with Gasteiger partial charge in [-0.15, -0.1) is 0 Å². The van der Waals surface area contributed by atoms with Crippen molar-refractivity contribution in [1.29, 1.82) is 0 Å². The molecule has 0 radical (unpaired) electrons. The molecule has 0 aromatic rings. The van der Waals surface area contributed by atoms with Crippen LogP contribution in [0.5, 0.6) is 0 Å². The molecule has 3 unspecified atom stereocenters. The van der Waals surface area contributed by atoms with Crippen molar-refractivity contribution in [2.75, 3.05) is 7.11 Å². The minimum absolute atomic E-state index is 0.0120. The van der Waals surface area contributed by atoms with E-state index in [1.54, 1.807) is 0 Å². The first kappa shape index (κ1) is 15.8. The lowest BCUT2D eigenvalue weighted by molar-refractivity contribution is -0.144. The number of rotatable bonds is 7. The van der Waals surface area contributed by atoms with E-state index in [1.165, 1.54) is 26.4 Å². The molecule has 6 nitrogen and oxygen atoms in total. The maximum atomic E-state index is 12.0. The third kappa shape index (κ3) is 4.19. The Balaban J connectivity index is 1.78. The molecular weight excluding hydrogens is 274 g/mol. The van der Waals surface area contributed by atoms with E-state index < -0.39 is 18.0 Å². The van der Waals surface area contributed by atoms with E-state index in [0.29, 0.717) is 18.3 Å². The lowest BCUT2D eigenvalue weighted by atomic mass is 9.86. The highest BCUT2D eigenvalue weighted by Gasteiger charge is 2.40. The molecule has 0 spiro atoms. The van der Waals surface area contributed by atoms with Gasteiger partial charge < -0.3 is 15.2 Å². The van der Waals surface area contributed by atoms with Gasteiger partial charge in [-0.05, 0) is 43.4 Å². The normalized spacial score (nSPS) is 28.1. The largest absolute Gasteiger partial charge is 0.480 e. The first-order valence-corrected chi connectivity index (χ1v) is 7.58. The van der Waals surface area contributed by atoms with Crippen LogP contribution < -0.4 is 5.32 Å². The summed E-state index contributed by atoms with van der Waals surface area (Å²) in [6.45, 7) is 0. The highest BCUT2D eigenvalue weighted by molar-refractivity contribution is 5.84. The van der Waals surface area contributed by atoms with Crippen LogP contribution in [-0.4, -0.2) is 36.1 Å². The zero-order valence-corrected chi connectivity index (χ0v) is 12.3. The minimum atomic E-state index is -1.11. The van der Waals surface area contributed by atoms with Crippen molar-refractivity contribution in [2.45, 2.75) is 51.0 Å². The molecule has 21 heavy (non-hydrogen) atoms. The first-order valence-electron chi connectivity index (χ1n) is 7.58. The monoisotopic (exact) mass is 297 g/mol. The third-order valence-electron chi connectivity index (χ3n) is 4.83. The number of fused-ring (bicyclic) bond motifs is 2. The second-order valence-electron chi connectivity index (χ2n) is 6.21. The number of nitrogens with one attached hydrogen (secondary N) is 1. The molecule has 0 saturated heterocycles. The zero-order valence-electron chi connectivity index (χ0n) is 12.3. The van der Waals surface area contributed by atoms with Gasteiger partial charge >= 0.3 is 11.9 Å². The number of hydrogen-bond acceptors (Lipinski definition) is 4. The van der Waals surface area contributed by atoms with Crippen LogP contribution in [0.25, 0.3) is 0 Å². The smallest absolute Gasteiger partial charge is 0.326 e. The average Bonchev–Trinajstić information content (AvgIpc) is 3.05. The van der Waals surface area contributed by atoms with Crippen molar-refractivity contribution >= 4 is 17.8 Å². The molecule has 2 rings (SSSR count). The molecule has 2 N–H and O–H groups in total. The standard InChI is InChI=1S/C15H23NO5/c1-21-14(18)5-4-12(15(19)20)16-13(17)8-11-7-9-2-3-10(11)6-9/h9-12H,2-8H2,1H3,(H,16,17)(H,19,20)/t9?,10?,11?,12-/m0/s1. The quantitative estimate of drug-likeness (QED) is 0.692. The molecule has 2 saturated carbocycles. The Morgan fingerprint density at radius 1 is 1.29 bits per heavy atom. The van der Waals surface area contributed by atoms with Gasteiger partial charge in [-0.3, -0.25) is 9.59 Å². The SMILES string of the molecule is COC(=O)CC[C@H](NC(=O)CC1CC2CCC1C2)C(=O)O. The third-order valence-corrected chi connectivity index (χ3v) is 4.83. The zero-order chi connectivity index (χ0) is 15.4. The summed E-state index contributed by atoms with van der Waals surface area (Å²) >= 11 is 0.